The summed E-state index contributed by atoms with van der Waals surface area (Å²) in [5, 5.41) is 14.6. The van der Waals surface area contributed by atoms with Crippen LogP contribution in [0.25, 0.3) is 0 Å². The van der Waals surface area contributed by atoms with E-state index in [1.807, 2.05) is 12.1 Å². The fourth-order valence-electron chi connectivity index (χ4n) is 2.21. The molecule has 26 heavy (non-hydrogen) atoms. The number of rotatable bonds is 7. The van der Waals surface area contributed by atoms with E-state index in [1.165, 1.54) is 25.6 Å². The van der Waals surface area contributed by atoms with Crippen molar-refractivity contribution in [2.45, 2.75) is 19.4 Å². The van der Waals surface area contributed by atoms with Crippen LogP contribution in [0.3, 0.4) is 0 Å². The topological polar surface area (TPSA) is 96.9 Å². The maximum Gasteiger partial charge on any atom is 0.313 e. The van der Waals surface area contributed by atoms with Gasteiger partial charge in [-0.3, -0.25) is 9.59 Å². The van der Waals surface area contributed by atoms with Crippen LogP contribution < -0.4 is 20.1 Å². The lowest BCUT2D eigenvalue weighted by molar-refractivity contribution is -0.136. The quantitative estimate of drug-likeness (QED) is 0.641. The Kier molecular flexibility index (Phi) is 6.99. The molecule has 0 unspecified atom stereocenters. The third-order valence-corrected chi connectivity index (χ3v) is 4.93. The van der Waals surface area contributed by atoms with E-state index in [1.54, 1.807) is 25.1 Å². The van der Waals surface area contributed by atoms with Crippen LogP contribution in [-0.4, -0.2) is 37.7 Å². The Morgan fingerprint density at radius 3 is 2.54 bits per heavy atom. The van der Waals surface area contributed by atoms with Crippen molar-refractivity contribution >= 4 is 28.8 Å². The first-order chi connectivity index (χ1) is 12.4. The molecular weight excluding hydrogens is 356 g/mol. The van der Waals surface area contributed by atoms with E-state index in [9.17, 15) is 14.7 Å². The second-order valence-corrected chi connectivity index (χ2v) is 6.71. The SMILES string of the molecule is COc1ccc(NC(=O)C(=O)NCCc2ccc([C@H](C)O)s2)c(OC)c1. The van der Waals surface area contributed by atoms with Crippen LogP contribution >= 0.6 is 11.3 Å². The van der Waals surface area contributed by atoms with Crippen molar-refractivity contribution in [1.82, 2.24) is 5.32 Å². The lowest BCUT2D eigenvalue weighted by Gasteiger charge is -2.11. The van der Waals surface area contributed by atoms with Crippen molar-refractivity contribution in [2.24, 2.45) is 0 Å². The van der Waals surface area contributed by atoms with E-state index in [-0.39, 0.29) is 0 Å². The number of thiophene rings is 1. The molecule has 0 fully saturated rings. The van der Waals surface area contributed by atoms with Crippen LogP contribution in [-0.2, 0) is 16.0 Å². The van der Waals surface area contributed by atoms with E-state index in [2.05, 4.69) is 10.6 Å². The highest BCUT2D eigenvalue weighted by Crippen LogP contribution is 2.29. The highest BCUT2D eigenvalue weighted by molar-refractivity contribution is 7.12. The Bertz CT molecular complexity index is 773. The molecule has 1 aromatic carbocycles. The van der Waals surface area contributed by atoms with Crippen LogP contribution in [0.5, 0.6) is 11.5 Å². The number of carbonyl (C=O) groups excluding carboxylic acids is 2. The van der Waals surface area contributed by atoms with Gasteiger partial charge in [0.25, 0.3) is 0 Å². The minimum absolute atomic E-state index is 0.325. The summed E-state index contributed by atoms with van der Waals surface area (Å²) in [7, 11) is 2.99. The van der Waals surface area contributed by atoms with Crippen LogP contribution in [0.2, 0.25) is 0 Å². The van der Waals surface area contributed by atoms with Gasteiger partial charge in [0.1, 0.15) is 11.5 Å². The first kappa shape index (κ1) is 19.7. The molecule has 7 nitrogen and oxygen atoms in total. The molecule has 1 atom stereocenters. The number of aliphatic hydroxyl groups excluding tert-OH is 1. The normalized spacial score (nSPS) is 11.5. The summed E-state index contributed by atoms with van der Waals surface area (Å²) in [5.41, 5.74) is 0.383. The molecule has 3 N–H and O–H groups in total. The second-order valence-electron chi connectivity index (χ2n) is 5.51. The van der Waals surface area contributed by atoms with Crippen LogP contribution in [0.1, 0.15) is 22.8 Å². The van der Waals surface area contributed by atoms with Crippen molar-refractivity contribution < 1.29 is 24.2 Å². The Morgan fingerprint density at radius 1 is 1.15 bits per heavy atom. The molecule has 0 aliphatic rings. The summed E-state index contributed by atoms with van der Waals surface area (Å²) < 4.78 is 10.3. The first-order valence-corrected chi connectivity index (χ1v) is 8.84. The smallest absolute Gasteiger partial charge is 0.313 e. The summed E-state index contributed by atoms with van der Waals surface area (Å²) >= 11 is 1.48. The van der Waals surface area contributed by atoms with Crippen molar-refractivity contribution in [2.75, 3.05) is 26.1 Å². The number of hydrogen-bond acceptors (Lipinski definition) is 6. The van der Waals surface area contributed by atoms with Crippen molar-refractivity contribution in [3.63, 3.8) is 0 Å². The zero-order valence-electron chi connectivity index (χ0n) is 14.9. The van der Waals surface area contributed by atoms with Gasteiger partial charge in [-0.05, 0) is 37.6 Å². The van der Waals surface area contributed by atoms with Crippen molar-refractivity contribution in [1.29, 1.82) is 0 Å². The fourth-order valence-corrected chi connectivity index (χ4v) is 3.16. The van der Waals surface area contributed by atoms with E-state index in [4.69, 9.17) is 9.47 Å². The molecule has 8 heteroatoms. The van der Waals surface area contributed by atoms with Crippen LogP contribution in [0.15, 0.2) is 30.3 Å². The number of benzene rings is 1. The lowest BCUT2D eigenvalue weighted by Crippen LogP contribution is -2.36. The Hall–Kier alpha value is -2.58. The highest BCUT2D eigenvalue weighted by atomic mass is 32.1. The van der Waals surface area contributed by atoms with Gasteiger partial charge >= 0.3 is 11.8 Å². The van der Waals surface area contributed by atoms with Gasteiger partial charge in [-0.25, -0.2) is 0 Å². The molecule has 140 valence electrons. The zero-order valence-corrected chi connectivity index (χ0v) is 15.7. The molecule has 0 saturated heterocycles. The molecule has 2 amide bonds. The molecule has 2 aromatic rings. The average Bonchev–Trinajstić information content (AvgIpc) is 3.11. The molecular formula is C18H22N2O5S. The molecule has 2 rings (SSSR count). The number of carbonyl (C=O) groups is 2. The summed E-state index contributed by atoms with van der Waals surface area (Å²) in [6.45, 7) is 2.03. The van der Waals surface area contributed by atoms with E-state index >= 15 is 0 Å². The second kappa shape index (κ2) is 9.21. The average molecular weight is 378 g/mol. The number of methoxy groups -OCH3 is 2. The van der Waals surface area contributed by atoms with E-state index < -0.39 is 17.9 Å². The van der Waals surface area contributed by atoms with Gasteiger partial charge in [-0.15, -0.1) is 11.3 Å². The van der Waals surface area contributed by atoms with Crippen molar-refractivity contribution in [3.8, 4) is 11.5 Å². The Morgan fingerprint density at radius 2 is 1.92 bits per heavy atom. The van der Waals surface area contributed by atoms with Gasteiger partial charge in [0.2, 0.25) is 0 Å². The number of aliphatic hydroxyl groups is 1. The summed E-state index contributed by atoms with van der Waals surface area (Å²) in [5.74, 6) is -0.522. The zero-order chi connectivity index (χ0) is 19.1. The minimum atomic E-state index is -0.774. The third-order valence-electron chi connectivity index (χ3n) is 3.61. The van der Waals surface area contributed by atoms with Crippen LogP contribution in [0, 0.1) is 0 Å². The van der Waals surface area contributed by atoms with Crippen molar-refractivity contribution in [3.05, 3.63) is 40.1 Å². The van der Waals surface area contributed by atoms with Gasteiger partial charge < -0.3 is 25.2 Å². The summed E-state index contributed by atoms with van der Waals surface area (Å²) in [6, 6.07) is 8.64. The van der Waals surface area contributed by atoms with E-state index in [0.717, 1.165) is 9.75 Å². The fraction of sp³-hybridized carbons (Fsp3) is 0.333. The number of anilines is 1. The summed E-state index contributed by atoms with van der Waals surface area (Å²) in [6.07, 6.45) is 0.0796. The standard InChI is InChI=1S/C18H22N2O5S/c1-11(21)16-7-5-13(26-16)8-9-19-17(22)18(23)20-14-6-4-12(24-2)10-15(14)25-3/h4-7,10-11,21H,8-9H2,1-3H3,(H,19,22)(H,20,23)/t11-/m0/s1. The van der Waals surface area contributed by atoms with Gasteiger partial charge in [0, 0.05) is 22.4 Å². The molecule has 0 spiro atoms. The molecule has 1 aromatic heterocycles. The highest BCUT2D eigenvalue weighted by Gasteiger charge is 2.16. The van der Waals surface area contributed by atoms with Gasteiger partial charge in [-0.2, -0.15) is 0 Å². The van der Waals surface area contributed by atoms with E-state index in [0.29, 0.717) is 30.2 Å². The number of nitrogens with one attached hydrogen (secondary N) is 2. The Labute approximate surface area is 155 Å². The predicted molar refractivity (Wildman–Crippen MR) is 99.8 cm³/mol. The van der Waals surface area contributed by atoms with Gasteiger partial charge in [0.05, 0.1) is 26.0 Å². The largest absolute Gasteiger partial charge is 0.497 e. The monoisotopic (exact) mass is 378 g/mol. The first-order valence-electron chi connectivity index (χ1n) is 8.02. The van der Waals surface area contributed by atoms with Gasteiger partial charge in [-0.1, -0.05) is 0 Å². The molecule has 0 aliphatic heterocycles. The molecule has 1 heterocycles. The molecule has 0 saturated carbocycles. The number of amides is 2. The minimum Gasteiger partial charge on any atom is -0.497 e. The maximum absolute atomic E-state index is 12.0. The number of hydrogen-bond donors (Lipinski definition) is 3. The molecule has 0 aliphatic carbocycles. The molecule has 0 bridgehead atoms. The summed E-state index contributed by atoms with van der Waals surface area (Å²) in [4.78, 5) is 25.9. The lowest BCUT2D eigenvalue weighted by atomic mass is 10.2. The Balaban J connectivity index is 1.86. The molecule has 0 radical (unpaired) electrons. The van der Waals surface area contributed by atoms with Gasteiger partial charge in [0.15, 0.2) is 0 Å². The number of ether oxygens (including phenoxy) is 2. The third kappa shape index (κ3) is 5.21. The van der Waals surface area contributed by atoms with Crippen LogP contribution in [0.4, 0.5) is 5.69 Å². The predicted octanol–water partition coefficient (Wildman–Crippen LogP) is 2.12. The maximum atomic E-state index is 12.0.